The fourth-order valence-corrected chi connectivity index (χ4v) is 0.847. The number of rotatable bonds is 6. The van der Waals surface area contributed by atoms with E-state index in [1.165, 1.54) is 0 Å². The van der Waals surface area contributed by atoms with Crippen LogP contribution in [0.25, 0.3) is 0 Å². The van der Waals surface area contributed by atoms with Gasteiger partial charge in [0.15, 0.2) is 6.29 Å². The summed E-state index contributed by atoms with van der Waals surface area (Å²) >= 11 is 0. The molecule has 0 fully saturated rings. The van der Waals surface area contributed by atoms with Gasteiger partial charge in [0, 0.05) is 20.6 Å². The minimum Gasteiger partial charge on any atom is -0.356 e. The van der Waals surface area contributed by atoms with Gasteiger partial charge in [-0.05, 0) is 19.3 Å². The van der Waals surface area contributed by atoms with Crippen molar-refractivity contribution in [3.8, 4) is 6.07 Å². The first-order valence-electron chi connectivity index (χ1n) is 3.77. The zero-order valence-electron chi connectivity index (χ0n) is 7.17. The monoisotopic (exact) mass is 157 g/mol. The van der Waals surface area contributed by atoms with Crippen LogP contribution in [0.15, 0.2) is 0 Å². The lowest BCUT2D eigenvalue weighted by Gasteiger charge is -2.11. The highest BCUT2D eigenvalue weighted by atomic mass is 16.7. The molecule has 0 aliphatic carbocycles. The molecule has 0 aliphatic rings. The third-order valence-electron chi connectivity index (χ3n) is 1.50. The summed E-state index contributed by atoms with van der Waals surface area (Å²) in [5.74, 6) is 0. The summed E-state index contributed by atoms with van der Waals surface area (Å²) in [6.45, 7) is 0. The van der Waals surface area contributed by atoms with E-state index in [2.05, 4.69) is 6.07 Å². The molecule has 0 unspecified atom stereocenters. The van der Waals surface area contributed by atoms with Crippen LogP contribution in [0.1, 0.15) is 25.7 Å². The molecule has 0 aliphatic heterocycles. The lowest BCUT2D eigenvalue weighted by atomic mass is 10.2. The van der Waals surface area contributed by atoms with Crippen molar-refractivity contribution in [2.45, 2.75) is 32.0 Å². The average molecular weight is 157 g/mol. The van der Waals surface area contributed by atoms with Crippen molar-refractivity contribution < 1.29 is 9.47 Å². The first-order valence-corrected chi connectivity index (χ1v) is 3.77. The molecule has 0 saturated carbocycles. The summed E-state index contributed by atoms with van der Waals surface area (Å²) in [6.07, 6.45) is 3.31. The predicted octanol–water partition coefficient (Wildman–Crippen LogP) is 1.69. The summed E-state index contributed by atoms with van der Waals surface area (Å²) in [6, 6.07) is 2.10. The van der Waals surface area contributed by atoms with Crippen LogP contribution < -0.4 is 0 Å². The molecule has 0 amide bonds. The van der Waals surface area contributed by atoms with Crippen molar-refractivity contribution in [1.82, 2.24) is 0 Å². The van der Waals surface area contributed by atoms with Gasteiger partial charge in [-0.1, -0.05) is 0 Å². The van der Waals surface area contributed by atoms with Crippen molar-refractivity contribution >= 4 is 0 Å². The van der Waals surface area contributed by atoms with Gasteiger partial charge < -0.3 is 9.47 Å². The third-order valence-corrected chi connectivity index (χ3v) is 1.50. The van der Waals surface area contributed by atoms with E-state index in [1.807, 2.05) is 0 Å². The van der Waals surface area contributed by atoms with Gasteiger partial charge in [-0.15, -0.1) is 0 Å². The Labute approximate surface area is 67.9 Å². The average Bonchev–Trinajstić information content (AvgIpc) is 2.05. The highest BCUT2D eigenvalue weighted by Gasteiger charge is 2.02. The summed E-state index contributed by atoms with van der Waals surface area (Å²) < 4.78 is 9.95. The number of ether oxygens (including phenoxy) is 2. The maximum Gasteiger partial charge on any atom is 0.156 e. The Morgan fingerprint density at radius 2 is 1.91 bits per heavy atom. The third kappa shape index (κ3) is 5.84. The van der Waals surface area contributed by atoms with E-state index >= 15 is 0 Å². The second-order valence-electron chi connectivity index (χ2n) is 2.30. The smallest absolute Gasteiger partial charge is 0.156 e. The standard InChI is InChI=1S/C8H15NO2/c1-10-8(11-2)6-4-3-5-7-9/h8H,3-6H2,1-2H3. The molecule has 11 heavy (non-hydrogen) atoms. The minimum absolute atomic E-state index is 0.103. The number of methoxy groups -OCH3 is 2. The van der Waals surface area contributed by atoms with Crippen molar-refractivity contribution in [2.75, 3.05) is 14.2 Å². The normalized spacial score (nSPS) is 10.0. The first kappa shape index (κ1) is 10.4. The molecule has 0 aromatic carbocycles. The number of hydrogen-bond donors (Lipinski definition) is 0. The van der Waals surface area contributed by atoms with Gasteiger partial charge in [0.05, 0.1) is 6.07 Å². The number of nitriles is 1. The van der Waals surface area contributed by atoms with Gasteiger partial charge in [-0.25, -0.2) is 0 Å². The zero-order chi connectivity index (χ0) is 8.53. The van der Waals surface area contributed by atoms with Crippen molar-refractivity contribution in [3.63, 3.8) is 0 Å². The molecule has 0 radical (unpaired) electrons. The quantitative estimate of drug-likeness (QED) is 0.435. The fourth-order valence-electron chi connectivity index (χ4n) is 0.847. The van der Waals surface area contributed by atoms with E-state index in [1.54, 1.807) is 14.2 Å². The van der Waals surface area contributed by atoms with E-state index in [4.69, 9.17) is 14.7 Å². The maximum absolute atomic E-state index is 8.23. The highest BCUT2D eigenvalue weighted by molar-refractivity contribution is 4.67. The topological polar surface area (TPSA) is 42.2 Å². The van der Waals surface area contributed by atoms with E-state index in [9.17, 15) is 0 Å². The Bertz CT molecular complexity index is 116. The second-order valence-corrected chi connectivity index (χ2v) is 2.30. The van der Waals surface area contributed by atoms with Crippen molar-refractivity contribution in [3.05, 3.63) is 0 Å². The van der Waals surface area contributed by atoms with E-state index in [0.717, 1.165) is 19.3 Å². The number of nitrogens with zero attached hydrogens (tertiary/aromatic N) is 1. The molecule has 0 aromatic heterocycles. The molecule has 0 N–H and O–H groups in total. The molecular formula is C8H15NO2. The zero-order valence-corrected chi connectivity index (χ0v) is 7.17. The van der Waals surface area contributed by atoms with Gasteiger partial charge in [-0.3, -0.25) is 0 Å². The molecule has 0 aromatic rings. The molecule has 0 bridgehead atoms. The number of unbranched alkanes of at least 4 members (excludes halogenated alkanes) is 2. The largest absolute Gasteiger partial charge is 0.356 e. The van der Waals surface area contributed by atoms with Gasteiger partial charge in [0.1, 0.15) is 0 Å². The Morgan fingerprint density at radius 3 is 2.36 bits per heavy atom. The highest BCUT2D eigenvalue weighted by Crippen LogP contribution is 2.05. The molecule has 0 saturated heterocycles. The minimum atomic E-state index is -0.103. The van der Waals surface area contributed by atoms with Crippen molar-refractivity contribution in [2.24, 2.45) is 0 Å². The van der Waals surface area contributed by atoms with Crippen LogP contribution in [0.5, 0.6) is 0 Å². The maximum atomic E-state index is 8.23. The second kappa shape index (κ2) is 7.52. The molecular weight excluding hydrogens is 142 g/mol. The molecule has 0 atom stereocenters. The van der Waals surface area contributed by atoms with E-state index in [0.29, 0.717) is 6.42 Å². The Hall–Kier alpha value is -0.590. The molecule has 0 rings (SSSR count). The van der Waals surface area contributed by atoms with Gasteiger partial charge in [0.25, 0.3) is 0 Å². The first-order chi connectivity index (χ1) is 5.35. The van der Waals surface area contributed by atoms with Crippen LogP contribution in [0.4, 0.5) is 0 Å². The molecule has 3 nitrogen and oxygen atoms in total. The fraction of sp³-hybridized carbons (Fsp3) is 0.875. The summed E-state index contributed by atoms with van der Waals surface area (Å²) in [5.41, 5.74) is 0. The van der Waals surface area contributed by atoms with Crippen LogP contribution in [0.2, 0.25) is 0 Å². The van der Waals surface area contributed by atoms with Crippen LogP contribution in [-0.2, 0) is 9.47 Å². The molecule has 64 valence electrons. The lowest BCUT2D eigenvalue weighted by molar-refractivity contribution is -0.107. The van der Waals surface area contributed by atoms with E-state index in [-0.39, 0.29) is 6.29 Å². The van der Waals surface area contributed by atoms with Crippen LogP contribution in [0, 0.1) is 11.3 Å². The van der Waals surface area contributed by atoms with Gasteiger partial charge in [-0.2, -0.15) is 5.26 Å². The number of hydrogen-bond acceptors (Lipinski definition) is 3. The van der Waals surface area contributed by atoms with Crippen LogP contribution in [0.3, 0.4) is 0 Å². The summed E-state index contributed by atoms with van der Waals surface area (Å²) in [7, 11) is 3.25. The summed E-state index contributed by atoms with van der Waals surface area (Å²) in [4.78, 5) is 0. The van der Waals surface area contributed by atoms with Crippen LogP contribution in [-0.4, -0.2) is 20.5 Å². The summed E-state index contributed by atoms with van der Waals surface area (Å²) in [5, 5.41) is 8.23. The lowest BCUT2D eigenvalue weighted by Crippen LogP contribution is -2.12. The van der Waals surface area contributed by atoms with E-state index < -0.39 is 0 Å². The van der Waals surface area contributed by atoms with Crippen molar-refractivity contribution in [1.29, 1.82) is 5.26 Å². The Kier molecular flexibility index (Phi) is 7.11. The predicted molar refractivity (Wildman–Crippen MR) is 41.9 cm³/mol. The molecule has 0 spiro atoms. The Morgan fingerprint density at radius 1 is 1.27 bits per heavy atom. The Balaban J connectivity index is 3.16. The molecule has 0 heterocycles. The molecule has 3 heteroatoms. The SMILES string of the molecule is COC(CCCCC#N)OC. The van der Waals surface area contributed by atoms with Crippen LogP contribution >= 0.6 is 0 Å². The van der Waals surface area contributed by atoms with Gasteiger partial charge >= 0.3 is 0 Å². The van der Waals surface area contributed by atoms with Gasteiger partial charge in [0.2, 0.25) is 0 Å².